The first-order valence-corrected chi connectivity index (χ1v) is 12.1. The zero-order valence-electron chi connectivity index (χ0n) is 21.4. The number of carbonyl (C=O) groups excluding carboxylic acids is 3. The monoisotopic (exact) mass is 533 g/mol. The number of nitrogens with two attached hydrogens (primary N) is 1. The molecule has 38 heavy (non-hydrogen) atoms. The fraction of sp³-hybridized carbons (Fsp3) is 0.480. The molecule has 3 amide bonds. The summed E-state index contributed by atoms with van der Waals surface area (Å²) in [7, 11) is 0. The Kier molecular flexibility index (Phi) is 10.8. The van der Waals surface area contributed by atoms with Crippen LogP contribution in [-0.2, 0) is 30.4 Å². The van der Waals surface area contributed by atoms with Crippen LogP contribution >= 0.6 is 0 Å². The fourth-order valence-corrected chi connectivity index (χ4v) is 3.91. The van der Waals surface area contributed by atoms with Gasteiger partial charge in [0.1, 0.15) is 12.1 Å². The third-order valence-corrected chi connectivity index (χ3v) is 5.85. The number of para-hydroxylation sites is 1. The Hall–Kier alpha value is -3.97. The van der Waals surface area contributed by atoms with Crippen molar-refractivity contribution in [3.8, 4) is 0 Å². The van der Waals surface area contributed by atoms with Crippen LogP contribution in [0.4, 0.5) is 0 Å². The number of carboxylic acid groups (broad SMARTS) is 2. The maximum atomic E-state index is 13.4. The van der Waals surface area contributed by atoms with E-state index in [1.165, 1.54) is 6.92 Å². The number of aliphatic carboxylic acids is 2. The minimum absolute atomic E-state index is 0.0111. The van der Waals surface area contributed by atoms with Crippen molar-refractivity contribution in [2.24, 2.45) is 11.7 Å². The van der Waals surface area contributed by atoms with Gasteiger partial charge < -0.3 is 42.0 Å². The van der Waals surface area contributed by atoms with E-state index in [2.05, 4.69) is 20.9 Å². The molecule has 0 spiro atoms. The van der Waals surface area contributed by atoms with Crippen LogP contribution in [0, 0.1) is 5.92 Å². The number of aliphatic hydroxyl groups excluding tert-OH is 1. The predicted molar refractivity (Wildman–Crippen MR) is 137 cm³/mol. The summed E-state index contributed by atoms with van der Waals surface area (Å²) >= 11 is 0. The van der Waals surface area contributed by atoms with Crippen molar-refractivity contribution >= 4 is 40.6 Å². The van der Waals surface area contributed by atoms with Crippen molar-refractivity contribution < 1.29 is 39.3 Å². The Morgan fingerprint density at radius 3 is 2.11 bits per heavy atom. The Bertz CT molecular complexity index is 1160. The molecule has 0 radical (unpaired) electrons. The molecule has 0 saturated heterocycles. The van der Waals surface area contributed by atoms with Gasteiger partial charge >= 0.3 is 11.9 Å². The van der Waals surface area contributed by atoms with Gasteiger partial charge in [0, 0.05) is 23.5 Å². The molecule has 2 rings (SSSR count). The highest BCUT2D eigenvalue weighted by atomic mass is 16.4. The molecular formula is C25H35N5O8. The molecule has 0 fully saturated rings. The molecule has 0 saturated carbocycles. The number of carbonyl (C=O) groups is 5. The van der Waals surface area contributed by atoms with Crippen LogP contribution in [0.25, 0.3) is 10.9 Å². The van der Waals surface area contributed by atoms with E-state index >= 15 is 0 Å². The van der Waals surface area contributed by atoms with Crippen LogP contribution in [0.3, 0.4) is 0 Å². The number of H-pyrrole nitrogens is 1. The minimum Gasteiger partial charge on any atom is -0.481 e. The Morgan fingerprint density at radius 1 is 0.921 bits per heavy atom. The summed E-state index contributed by atoms with van der Waals surface area (Å²) in [4.78, 5) is 64.4. The highest BCUT2D eigenvalue weighted by molar-refractivity contribution is 5.95. The SMILES string of the molecule is CC(C)C[C@H](NC(=O)[C@H](Cc1c[nH]c2ccccc12)NC(=O)[C@@H](N)CC(=O)O)C(=O)N[C@H](C(=O)O)[C@@H](C)O. The van der Waals surface area contributed by atoms with Gasteiger partial charge in [-0.3, -0.25) is 19.2 Å². The quantitative estimate of drug-likeness (QED) is 0.156. The number of aromatic amines is 1. The van der Waals surface area contributed by atoms with Crippen molar-refractivity contribution in [1.29, 1.82) is 0 Å². The molecule has 2 aromatic rings. The van der Waals surface area contributed by atoms with Crippen LogP contribution in [0.1, 0.15) is 39.2 Å². The second kappa shape index (κ2) is 13.5. The van der Waals surface area contributed by atoms with Gasteiger partial charge in [0.15, 0.2) is 6.04 Å². The van der Waals surface area contributed by atoms with E-state index in [1.54, 1.807) is 26.1 Å². The number of nitrogens with one attached hydrogen (secondary N) is 4. The van der Waals surface area contributed by atoms with Gasteiger partial charge in [-0.1, -0.05) is 32.0 Å². The number of fused-ring (bicyclic) bond motifs is 1. The molecule has 0 aliphatic carbocycles. The smallest absolute Gasteiger partial charge is 0.328 e. The lowest BCUT2D eigenvalue weighted by Crippen LogP contribution is -2.59. The molecule has 0 aliphatic heterocycles. The predicted octanol–water partition coefficient (Wildman–Crippen LogP) is -0.522. The standard InChI is InChI=1S/C25H35N5O8/c1-12(2)8-18(24(36)30-21(13(3)31)25(37)38)29-23(35)19(28-22(34)16(26)10-20(32)33)9-14-11-27-17-7-5-4-6-15(14)17/h4-7,11-13,16,18-19,21,27,31H,8-10,26H2,1-3H3,(H,28,34)(H,29,35)(H,30,36)(H,32,33)(H,37,38)/t13-,16+,18+,19+,21+/m1/s1. The molecule has 0 aliphatic rings. The summed E-state index contributed by atoms with van der Waals surface area (Å²) in [5, 5.41) is 36.1. The second-order valence-corrected chi connectivity index (χ2v) is 9.58. The third-order valence-electron chi connectivity index (χ3n) is 5.85. The number of rotatable bonds is 14. The Morgan fingerprint density at radius 2 is 1.53 bits per heavy atom. The number of carboxylic acids is 2. The molecular weight excluding hydrogens is 498 g/mol. The van der Waals surface area contributed by atoms with Crippen molar-refractivity contribution in [2.45, 2.75) is 70.3 Å². The summed E-state index contributed by atoms with van der Waals surface area (Å²) in [5.74, 6) is -5.26. The second-order valence-electron chi connectivity index (χ2n) is 9.58. The molecule has 13 heteroatoms. The lowest BCUT2D eigenvalue weighted by Gasteiger charge is -2.26. The number of benzene rings is 1. The van der Waals surface area contributed by atoms with E-state index in [9.17, 15) is 34.2 Å². The topological polar surface area (TPSA) is 224 Å². The first kappa shape index (κ1) is 30.3. The van der Waals surface area contributed by atoms with Crippen molar-refractivity contribution in [3.63, 3.8) is 0 Å². The van der Waals surface area contributed by atoms with Crippen LogP contribution in [0.15, 0.2) is 30.5 Å². The van der Waals surface area contributed by atoms with E-state index in [0.29, 0.717) is 5.56 Å². The van der Waals surface area contributed by atoms with Crippen LogP contribution in [0.5, 0.6) is 0 Å². The summed E-state index contributed by atoms with van der Waals surface area (Å²) in [6, 6.07) is 1.86. The summed E-state index contributed by atoms with van der Waals surface area (Å²) in [5.41, 5.74) is 7.16. The Labute approximate surface area is 219 Å². The van der Waals surface area contributed by atoms with Crippen LogP contribution in [-0.4, -0.2) is 80.2 Å². The van der Waals surface area contributed by atoms with Gasteiger partial charge in [-0.05, 0) is 30.9 Å². The van der Waals surface area contributed by atoms with E-state index < -0.39 is 66.4 Å². The van der Waals surface area contributed by atoms with E-state index in [4.69, 9.17) is 10.8 Å². The maximum Gasteiger partial charge on any atom is 0.328 e. The molecule has 0 bridgehead atoms. The minimum atomic E-state index is -1.59. The number of aliphatic hydroxyl groups is 1. The Balaban J connectivity index is 2.32. The van der Waals surface area contributed by atoms with Crippen molar-refractivity contribution in [3.05, 3.63) is 36.0 Å². The number of hydrogen-bond donors (Lipinski definition) is 8. The highest BCUT2D eigenvalue weighted by Gasteiger charge is 2.32. The zero-order chi connectivity index (χ0) is 28.6. The van der Waals surface area contributed by atoms with E-state index in [1.807, 2.05) is 18.2 Å². The summed E-state index contributed by atoms with van der Waals surface area (Å²) in [6.07, 6.45) is -0.246. The average molecular weight is 534 g/mol. The third kappa shape index (κ3) is 8.56. The van der Waals surface area contributed by atoms with Gasteiger partial charge in [0.25, 0.3) is 0 Å². The lowest BCUT2D eigenvalue weighted by molar-refractivity contribution is -0.145. The van der Waals surface area contributed by atoms with Crippen molar-refractivity contribution in [2.75, 3.05) is 0 Å². The average Bonchev–Trinajstić information content (AvgIpc) is 3.23. The molecule has 1 aromatic heterocycles. The van der Waals surface area contributed by atoms with E-state index in [-0.39, 0.29) is 18.8 Å². The summed E-state index contributed by atoms with van der Waals surface area (Å²) in [6.45, 7) is 4.81. The van der Waals surface area contributed by atoms with Crippen LogP contribution < -0.4 is 21.7 Å². The van der Waals surface area contributed by atoms with E-state index in [0.717, 1.165) is 10.9 Å². The van der Waals surface area contributed by atoms with Crippen LogP contribution in [0.2, 0.25) is 0 Å². The summed E-state index contributed by atoms with van der Waals surface area (Å²) < 4.78 is 0. The molecule has 1 heterocycles. The van der Waals surface area contributed by atoms with Crippen molar-refractivity contribution in [1.82, 2.24) is 20.9 Å². The first-order valence-electron chi connectivity index (χ1n) is 12.1. The molecule has 208 valence electrons. The zero-order valence-corrected chi connectivity index (χ0v) is 21.4. The fourth-order valence-electron chi connectivity index (χ4n) is 3.91. The molecule has 13 nitrogen and oxygen atoms in total. The number of hydrogen-bond acceptors (Lipinski definition) is 7. The maximum absolute atomic E-state index is 13.4. The van der Waals surface area contributed by atoms with Gasteiger partial charge in [0.2, 0.25) is 17.7 Å². The van der Waals surface area contributed by atoms with Gasteiger partial charge in [-0.15, -0.1) is 0 Å². The van der Waals surface area contributed by atoms with Gasteiger partial charge in [0.05, 0.1) is 18.6 Å². The highest BCUT2D eigenvalue weighted by Crippen LogP contribution is 2.19. The van der Waals surface area contributed by atoms with Gasteiger partial charge in [-0.2, -0.15) is 0 Å². The molecule has 0 unspecified atom stereocenters. The molecule has 9 N–H and O–H groups in total. The molecule has 5 atom stereocenters. The first-order chi connectivity index (χ1) is 17.8. The number of aromatic nitrogens is 1. The normalized spacial score (nSPS) is 15.2. The largest absolute Gasteiger partial charge is 0.481 e. The molecule has 1 aromatic carbocycles. The lowest BCUT2D eigenvalue weighted by atomic mass is 10.00. The van der Waals surface area contributed by atoms with Gasteiger partial charge in [-0.25, -0.2) is 4.79 Å². The number of amides is 3.